The van der Waals surface area contributed by atoms with Crippen molar-refractivity contribution >= 4 is 21.9 Å². The van der Waals surface area contributed by atoms with Gasteiger partial charge in [0.25, 0.3) is 5.91 Å². The molecular formula is C14H26N2O6S. The van der Waals surface area contributed by atoms with Crippen molar-refractivity contribution in [1.29, 1.82) is 0 Å². The number of carbonyl (C=O) groups excluding carboxylic acids is 1. The molecule has 1 atom stereocenters. The monoisotopic (exact) mass is 350 g/mol. The van der Waals surface area contributed by atoms with Crippen LogP contribution >= 0.6 is 0 Å². The molecule has 1 saturated heterocycles. The van der Waals surface area contributed by atoms with Crippen molar-refractivity contribution in [1.82, 2.24) is 9.21 Å². The molecule has 9 heteroatoms. The third-order valence-electron chi connectivity index (χ3n) is 3.98. The van der Waals surface area contributed by atoms with Gasteiger partial charge in [0.1, 0.15) is 12.6 Å². The van der Waals surface area contributed by atoms with Crippen LogP contribution in [0.5, 0.6) is 0 Å². The van der Waals surface area contributed by atoms with E-state index in [0.29, 0.717) is 32.5 Å². The fourth-order valence-corrected chi connectivity index (χ4v) is 3.83. The maximum Gasteiger partial charge on any atom is 0.323 e. The number of ether oxygens (including phenoxy) is 1. The van der Waals surface area contributed by atoms with Crippen LogP contribution in [-0.4, -0.2) is 78.7 Å². The second-order valence-electron chi connectivity index (χ2n) is 5.49. The van der Waals surface area contributed by atoms with E-state index in [4.69, 9.17) is 9.84 Å². The number of aliphatic carboxylic acids is 1. The van der Waals surface area contributed by atoms with Crippen molar-refractivity contribution in [2.24, 2.45) is 0 Å². The molecular weight excluding hydrogens is 324 g/mol. The smallest absolute Gasteiger partial charge is 0.323 e. The minimum Gasteiger partial charge on any atom is -0.480 e. The third-order valence-corrected chi connectivity index (χ3v) is 5.86. The Morgan fingerprint density at radius 2 is 1.87 bits per heavy atom. The number of amides is 1. The maximum absolute atomic E-state index is 12.4. The van der Waals surface area contributed by atoms with E-state index in [-0.39, 0.29) is 17.7 Å². The lowest BCUT2D eigenvalue weighted by Crippen LogP contribution is -2.52. The molecule has 8 nitrogen and oxygen atoms in total. The Morgan fingerprint density at radius 1 is 1.30 bits per heavy atom. The number of carboxylic acid groups (broad SMARTS) is 1. The molecule has 1 aliphatic rings. The summed E-state index contributed by atoms with van der Waals surface area (Å²) in [5, 5.41) is 9.05. The fraction of sp³-hybridized carbons (Fsp3) is 0.857. The Morgan fingerprint density at radius 3 is 2.30 bits per heavy atom. The summed E-state index contributed by atoms with van der Waals surface area (Å²) in [5.41, 5.74) is 0. The predicted molar refractivity (Wildman–Crippen MR) is 84.5 cm³/mol. The van der Waals surface area contributed by atoms with Gasteiger partial charge in [-0.3, -0.25) is 9.59 Å². The molecule has 0 bridgehead atoms. The molecule has 1 aliphatic heterocycles. The Balaban J connectivity index is 2.78. The molecule has 0 saturated carbocycles. The van der Waals surface area contributed by atoms with Gasteiger partial charge in [0.15, 0.2) is 0 Å². The highest BCUT2D eigenvalue weighted by Crippen LogP contribution is 2.20. The van der Waals surface area contributed by atoms with Gasteiger partial charge in [0.2, 0.25) is 10.0 Å². The van der Waals surface area contributed by atoms with Gasteiger partial charge in [-0.05, 0) is 33.6 Å². The van der Waals surface area contributed by atoms with Gasteiger partial charge in [-0.2, -0.15) is 0 Å². The summed E-state index contributed by atoms with van der Waals surface area (Å²) in [6, 6.07) is -0.287. The molecule has 1 rings (SSSR count). The first-order valence-electron chi connectivity index (χ1n) is 7.84. The lowest BCUT2D eigenvalue weighted by molar-refractivity contribution is -0.153. The van der Waals surface area contributed by atoms with Crippen molar-refractivity contribution in [2.75, 3.05) is 32.0 Å². The topological polar surface area (TPSA) is 104 Å². The minimum absolute atomic E-state index is 0.0385. The van der Waals surface area contributed by atoms with Crippen LogP contribution in [0, 0.1) is 0 Å². The van der Waals surface area contributed by atoms with E-state index in [1.165, 1.54) is 9.21 Å². The van der Waals surface area contributed by atoms with Crippen molar-refractivity contribution in [2.45, 2.75) is 45.8 Å². The molecule has 0 aromatic rings. The summed E-state index contributed by atoms with van der Waals surface area (Å²) < 4.78 is 30.4. The molecule has 1 N–H and O–H groups in total. The fourth-order valence-electron chi connectivity index (χ4n) is 2.70. The molecule has 1 amide bonds. The van der Waals surface area contributed by atoms with Crippen molar-refractivity contribution in [3.63, 3.8) is 0 Å². The molecule has 1 unspecified atom stereocenters. The first-order chi connectivity index (χ1) is 10.7. The lowest BCUT2D eigenvalue weighted by atomic mass is 10.0. The number of hydrogen-bond acceptors (Lipinski definition) is 5. The number of rotatable bonds is 8. The largest absolute Gasteiger partial charge is 0.480 e. The highest BCUT2D eigenvalue weighted by atomic mass is 32.2. The summed E-state index contributed by atoms with van der Waals surface area (Å²) in [5.74, 6) is -1.42. The summed E-state index contributed by atoms with van der Waals surface area (Å²) in [6.07, 6.45) is 0.144. The van der Waals surface area contributed by atoms with Crippen LogP contribution < -0.4 is 0 Å². The maximum atomic E-state index is 12.4. The van der Waals surface area contributed by atoms with Crippen LogP contribution in [0.4, 0.5) is 0 Å². The van der Waals surface area contributed by atoms with Crippen LogP contribution in [-0.2, 0) is 24.3 Å². The molecule has 0 aromatic carbocycles. The second-order valence-corrected chi connectivity index (χ2v) is 7.75. The predicted octanol–water partition coefficient (Wildman–Crippen LogP) is 0.139. The van der Waals surface area contributed by atoms with Crippen LogP contribution in [0.3, 0.4) is 0 Å². The van der Waals surface area contributed by atoms with Crippen LogP contribution in [0.1, 0.15) is 33.6 Å². The Kier molecular flexibility index (Phi) is 7.43. The van der Waals surface area contributed by atoms with Gasteiger partial charge in [-0.1, -0.05) is 0 Å². The summed E-state index contributed by atoms with van der Waals surface area (Å²) >= 11 is 0. The second kappa shape index (κ2) is 8.60. The minimum atomic E-state index is -3.25. The number of nitrogens with zero attached hydrogens (tertiary/aromatic N) is 2. The molecule has 0 aromatic heterocycles. The lowest BCUT2D eigenvalue weighted by Gasteiger charge is -2.38. The molecule has 1 heterocycles. The average Bonchev–Trinajstić information content (AvgIpc) is 2.52. The molecule has 0 spiro atoms. The Bertz CT molecular complexity index is 513. The van der Waals surface area contributed by atoms with Gasteiger partial charge in [0, 0.05) is 25.7 Å². The zero-order valence-electron chi connectivity index (χ0n) is 13.9. The Labute approximate surface area is 137 Å². The SMILES string of the molecule is CCOC(C)C(=O)N(CC(=O)O)C1CCN(S(=O)(=O)CC)CC1. The number of piperidine rings is 1. The van der Waals surface area contributed by atoms with Crippen LogP contribution in [0.2, 0.25) is 0 Å². The van der Waals surface area contributed by atoms with Gasteiger partial charge in [-0.15, -0.1) is 0 Å². The van der Waals surface area contributed by atoms with Crippen LogP contribution in [0.15, 0.2) is 0 Å². The number of carbonyl (C=O) groups is 2. The van der Waals surface area contributed by atoms with E-state index in [1.54, 1.807) is 20.8 Å². The number of carboxylic acids is 1. The average molecular weight is 350 g/mol. The first kappa shape index (κ1) is 19.9. The molecule has 23 heavy (non-hydrogen) atoms. The standard InChI is InChI=1S/C14H26N2O6S/c1-4-22-11(3)14(19)16(10-13(17)18)12-6-8-15(9-7-12)23(20,21)5-2/h11-12H,4-10H2,1-3H3,(H,17,18). The highest BCUT2D eigenvalue weighted by molar-refractivity contribution is 7.89. The summed E-state index contributed by atoms with van der Waals surface area (Å²) in [6.45, 7) is 5.51. The van der Waals surface area contributed by atoms with Gasteiger partial charge in [-0.25, -0.2) is 12.7 Å². The van der Waals surface area contributed by atoms with Gasteiger partial charge < -0.3 is 14.7 Å². The van der Waals surface area contributed by atoms with E-state index in [9.17, 15) is 18.0 Å². The van der Waals surface area contributed by atoms with E-state index in [0.717, 1.165) is 0 Å². The summed E-state index contributed by atoms with van der Waals surface area (Å²) in [7, 11) is -3.25. The van der Waals surface area contributed by atoms with Gasteiger partial charge >= 0.3 is 5.97 Å². The third kappa shape index (κ3) is 5.43. The molecule has 0 radical (unpaired) electrons. The summed E-state index contributed by atoms with van der Waals surface area (Å²) in [4.78, 5) is 24.8. The normalized spacial score (nSPS) is 18.6. The zero-order valence-corrected chi connectivity index (χ0v) is 14.7. The van der Waals surface area contributed by atoms with Crippen molar-refractivity contribution in [3.05, 3.63) is 0 Å². The van der Waals surface area contributed by atoms with E-state index in [1.807, 2.05) is 0 Å². The Hall–Kier alpha value is -1.19. The first-order valence-corrected chi connectivity index (χ1v) is 9.45. The van der Waals surface area contributed by atoms with E-state index < -0.39 is 28.6 Å². The van der Waals surface area contributed by atoms with E-state index >= 15 is 0 Å². The van der Waals surface area contributed by atoms with Crippen molar-refractivity contribution in [3.8, 4) is 0 Å². The molecule has 134 valence electrons. The number of hydrogen-bond donors (Lipinski definition) is 1. The highest BCUT2D eigenvalue weighted by Gasteiger charge is 2.34. The van der Waals surface area contributed by atoms with E-state index in [2.05, 4.69) is 0 Å². The molecule has 0 aliphatic carbocycles. The van der Waals surface area contributed by atoms with Gasteiger partial charge in [0.05, 0.1) is 5.75 Å². The quantitative estimate of drug-likeness (QED) is 0.668. The van der Waals surface area contributed by atoms with Crippen LogP contribution in [0.25, 0.3) is 0 Å². The van der Waals surface area contributed by atoms with Crippen molar-refractivity contribution < 1.29 is 27.9 Å². The molecule has 1 fully saturated rings. The zero-order chi connectivity index (χ0) is 17.6. The number of sulfonamides is 1.